The largest absolute Gasteiger partial charge is 0.458 e. The monoisotopic (exact) mass is 343 g/mol. The lowest BCUT2D eigenvalue weighted by molar-refractivity contribution is -0.144. The highest BCUT2D eigenvalue weighted by molar-refractivity contribution is 5.69. The Bertz CT molecular complexity index is 611. The smallest absolute Gasteiger partial charge is 0.410 e. The number of nitrogens with zero attached hydrogens (tertiary/aromatic N) is 1. The quantitative estimate of drug-likeness (QED) is 0.581. The van der Waals surface area contributed by atoms with Crippen LogP contribution in [0.3, 0.4) is 0 Å². The Morgan fingerprint density at radius 3 is 2.68 bits per heavy atom. The predicted octanol–water partition coefficient (Wildman–Crippen LogP) is 3.85. The molecule has 0 saturated heterocycles. The average molecular weight is 343 g/mol. The molecule has 0 unspecified atom stereocenters. The molecular formula is C20H25NO4. The lowest BCUT2D eigenvalue weighted by atomic mass is 10.1. The topological polar surface area (TPSA) is 55.8 Å². The molecular weight excluding hydrogens is 318 g/mol. The molecule has 5 nitrogen and oxygen atoms in total. The second-order valence-electron chi connectivity index (χ2n) is 6.01. The van der Waals surface area contributed by atoms with Gasteiger partial charge in [0.05, 0.1) is 6.04 Å². The number of rotatable bonds is 6. The molecule has 0 N–H and O–H groups in total. The molecule has 1 aliphatic carbocycles. The van der Waals surface area contributed by atoms with Crippen LogP contribution in [0.4, 0.5) is 4.79 Å². The van der Waals surface area contributed by atoms with Crippen LogP contribution in [0.5, 0.6) is 0 Å². The van der Waals surface area contributed by atoms with Crippen molar-refractivity contribution in [3.63, 3.8) is 0 Å². The summed E-state index contributed by atoms with van der Waals surface area (Å²) in [5.74, 6) is -0.293. The summed E-state index contributed by atoms with van der Waals surface area (Å²) in [4.78, 5) is 25.3. The molecule has 1 aliphatic rings. The van der Waals surface area contributed by atoms with E-state index < -0.39 is 0 Å². The number of hydrogen-bond acceptors (Lipinski definition) is 4. The summed E-state index contributed by atoms with van der Waals surface area (Å²) in [6.07, 6.45) is 7.28. The summed E-state index contributed by atoms with van der Waals surface area (Å²) in [5.41, 5.74) is 0.945. The van der Waals surface area contributed by atoms with Gasteiger partial charge < -0.3 is 9.47 Å². The number of carbonyl (C=O) groups is 2. The van der Waals surface area contributed by atoms with Gasteiger partial charge in [0.1, 0.15) is 12.7 Å². The molecule has 0 bridgehead atoms. The van der Waals surface area contributed by atoms with Crippen molar-refractivity contribution in [2.75, 3.05) is 6.54 Å². The number of amides is 1. The van der Waals surface area contributed by atoms with E-state index in [4.69, 9.17) is 9.47 Å². The first kappa shape index (κ1) is 18.8. The first-order valence-corrected chi connectivity index (χ1v) is 8.54. The van der Waals surface area contributed by atoms with Crippen LogP contribution in [0, 0.1) is 0 Å². The van der Waals surface area contributed by atoms with Crippen LogP contribution < -0.4 is 0 Å². The Morgan fingerprint density at radius 2 is 2.00 bits per heavy atom. The highest BCUT2D eigenvalue weighted by atomic mass is 16.6. The maximum absolute atomic E-state index is 12.5. The number of ether oxygens (including phenoxy) is 2. The van der Waals surface area contributed by atoms with Crippen LogP contribution in [-0.2, 0) is 20.9 Å². The number of benzene rings is 1. The van der Waals surface area contributed by atoms with Crippen molar-refractivity contribution in [3.8, 4) is 0 Å². The standard InChI is InChI=1S/C20H25NO4/c1-3-14-21(20(23)24-15-17-8-5-4-6-9-17)18-10-7-11-19(13-12-18)25-16(2)22/h3-6,8-9,12-13,18-19H,1,7,10-11,14-15H2,2H3/t18-,19-/m1/s1. The SMILES string of the molecule is C=CCN(C(=O)OCc1ccccc1)[C@H]1C=C[C@H](OC(C)=O)CCC1. The summed E-state index contributed by atoms with van der Waals surface area (Å²) in [5, 5.41) is 0. The molecule has 2 rings (SSSR count). The molecule has 2 atom stereocenters. The summed E-state index contributed by atoms with van der Waals surface area (Å²) < 4.78 is 10.7. The van der Waals surface area contributed by atoms with Crippen molar-refractivity contribution in [2.45, 2.75) is 44.9 Å². The van der Waals surface area contributed by atoms with Gasteiger partial charge in [-0.3, -0.25) is 9.69 Å². The van der Waals surface area contributed by atoms with Gasteiger partial charge >= 0.3 is 12.1 Å². The maximum Gasteiger partial charge on any atom is 0.410 e. The minimum absolute atomic E-state index is 0.0955. The summed E-state index contributed by atoms with van der Waals surface area (Å²) in [6.45, 7) is 5.77. The Kier molecular flexibility index (Phi) is 7.26. The van der Waals surface area contributed by atoms with Crippen LogP contribution in [0.2, 0.25) is 0 Å². The predicted molar refractivity (Wildman–Crippen MR) is 95.9 cm³/mol. The molecule has 1 amide bonds. The van der Waals surface area contributed by atoms with Crippen molar-refractivity contribution in [1.82, 2.24) is 4.90 Å². The van der Waals surface area contributed by atoms with Crippen molar-refractivity contribution >= 4 is 12.1 Å². The van der Waals surface area contributed by atoms with E-state index in [1.807, 2.05) is 42.5 Å². The third kappa shape index (κ3) is 6.10. The van der Waals surface area contributed by atoms with Crippen LogP contribution >= 0.6 is 0 Å². The normalized spacial score (nSPS) is 19.6. The number of esters is 1. The van der Waals surface area contributed by atoms with Crippen molar-refractivity contribution in [2.24, 2.45) is 0 Å². The van der Waals surface area contributed by atoms with E-state index in [1.54, 1.807) is 11.0 Å². The van der Waals surface area contributed by atoms with Gasteiger partial charge in [0, 0.05) is 13.5 Å². The first-order chi connectivity index (χ1) is 12.1. The summed E-state index contributed by atoms with van der Waals surface area (Å²) >= 11 is 0. The molecule has 0 spiro atoms. The van der Waals surface area contributed by atoms with Gasteiger partial charge in [0.15, 0.2) is 0 Å². The molecule has 0 fully saturated rings. The van der Waals surface area contributed by atoms with Crippen LogP contribution in [0.25, 0.3) is 0 Å². The van der Waals surface area contributed by atoms with E-state index in [0.717, 1.165) is 24.8 Å². The minimum atomic E-state index is -0.371. The summed E-state index contributed by atoms with van der Waals surface area (Å²) in [6, 6.07) is 9.48. The van der Waals surface area contributed by atoms with Crippen molar-refractivity contribution in [3.05, 3.63) is 60.7 Å². The number of hydrogen-bond donors (Lipinski definition) is 0. The molecule has 0 aromatic heterocycles. The zero-order valence-electron chi connectivity index (χ0n) is 14.6. The fourth-order valence-corrected chi connectivity index (χ4v) is 2.83. The minimum Gasteiger partial charge on any atom is -0.458 e. The van der Waals surface area contributed by atoms with Gasteiger partial charge in [-0.05, 0) is 30.9 Å². The van der Waals surface area contributed by atoms with Gasteiger partial charge in [-0.25, -0.2) is 4.79 Å². The zero-order chi connectivity index (χ0) is 18.1. The lowest BCUT2D eigenvalue weighted by Gasteiger charge is -2.27. The van der Waals surface area contributed by atoms with E-state index in [0.29, 0.717) is 6.54 Å². The van der Waals surface area contributed by atoms with Crippen molar-refractivity contribution < 1.29 is 19.1 Å². The van der Waals surface area contributed by atoms with Crippen LogP contribution in [-0.4, -0.2) is 35.7 Å². The van der Waals surface area contributed by atoms with Gasteiger partial charge in [0.2, 0.25) is 0 Å². The van der Waals surface area contributed by atoms with Crippen LogP contribution in [0.15, 0.2) is 55.1 Å². The molecule has 1 aromatic carbocycles. The Labute approximate surface area is 148 Å². The van der Waals surface area contributed by atoms with Crippen molar-refractivity contribution in [1.29, 1.82) is 0 Å². The molecule has 0 radical (unpaired) electrons. The maximum atomic E-state index is 12.5. The van der Waals surface area contributed by atoms with E-state index in [-0.39, 0.29) is 30.8 Å². The number of carbonyl (C=O) groups excluding carboxylic acids is 2. The fourth-order valence-electron chi connectivity index (χ4n) is 2.83. The molecule has 25 heavy (non-hydrogen) atoms. The average Bonchev–Trinajstić information content (AvgIpc) is 2.83. The van der Waals surface area contributed by atoms with Crippen LogP contribution in [0.1, 0.15) is 31.7 Å². The molecule has 0 saturated carbocycles. The molecule has 0 heterocycles. The highest BCUT2D eigenvalue weighted by Gasteiger charge is 2.25. The van der Waals surface area contributed by atoms with Gasteiger partial charge in [0.25, 0.3) is 0 Å². The third-order valence-corrected chi connectivity index (χ3v) is 4.02. The Balaban J connectivity index is 1.99. The lowest BCUT2D eigenvalue weighted by Crippen LogP contribution is -2.39. The van der Waals surface area contributed by atoms with E-state index >= 15 is 0 Å². The second kappa shape index (κ2) is 9.67. The van der Waals surface area contributed by atoms with E-state index in [2.05, 4.69) is 6.58 Å². The van der Waals surface area contributed by atoms with Gasteiger partial charge in [-0.1, -0.05) is 42.5 Å². The van der Waals surface area contributed by atoms with Gasteiger partial charge in [-0.2, -0.15) is 0 Å². The third-order valence-electron chi connectivity index (χ3n) is 4.02. The fraction of sp³-hybridized carbons (Fsp3) is 0.400. The van der Waals surface area contributed by atoms with Gasteiger partial charge in [-0.15, -0.1) is 6.58 Å². The van der Waals surface area contributed by atoms with E-state index in [1.165, 1.54) is 6.92 Å². The second-order valence-corrected chi connectivity index (χ2v) is 6.01. The molecule has 5 heteroatoms. The first-order valence-electron chi connectivity index (χ1n) is 8.54. The molecule has 134 valence electrons. The Morgan fingerprint density at radius 1 is 1.24 bits per heavy atom. The zero-order valence-corrected chi connectivity index (χ0v) is 14.6. The van der Waals surface area contributed by atoms with E-state index in [9.17, 15) is 9.59 Å². The molecule has 1 aromatic rings. The summed E-state index contributed by atoms with van der Waals surface area (Å²) in [7, 11) is 0. The highest BCUT2D eigenvalue weighted by Crippen LogP contribution is 2.20. The molecule has 0 aliphatic heterocycles. The Hall–Kier alpha value is -2.56.